The Kier molecular flexibility index (Phi) is 4.93. The van der Waals surface area contributed by atoms with E-state index in [9.17, 15) is 4.79 Å². The van der Waals surface area contributed by atoms with Crippen molar-refractivity contribution in [1.82, 2.24) is 0 Å². The van der Waals surface area contributed by atoms with Crippen LogP contribution < -0.4 is 9.47 Å². The predicted molar refractivity (Wildman–Crippen MR) is 87.0 cm³/mol. The predicted octanol–water partition coefficient (Wildman–Crippen LogP) is 3.77. The molecule has 23 heavy (non-hydrogen) atoms. The molecule has 0 bridgehead atoms. The Morgan fingerprint density at radius 1 is 1.00 bits per heavy atom. The summed E-state index contributed by atoms with van der Waals surface area (Å²) >= 11 is 0. The molecule has 120 valence electrons. The van der Waals surface area contributed by atoms with Gasteiger partial charge in [0.1, 0.15) is 6.61 Å². The zero-order valence-corrected chi connectivity index (χ0v) is 13.2. The molecular weight excluding hydrogens is 292 g/mol. The second-order valence-corrected chi connectivity index (χ2v) is 5.52. The molecule has 0 fully saturated rings. The molecule has 4 nitrogen and oxygen atoms in total. The molecular formula is C19H20O4. The van der Waals surface area contributed by atoms with Crippen LogP contribution in [0.4, 0.5) is 0 Å². The first kappa shape index (κ1) is 15.6. The number of ether oxygens (including phenoxy) is 3. The average molecular weight is 312 g/mol. The van der Waals surface area contributed by atoms with E-state index in [1.807, 2.05) is 42.5 Å². The molecule has 2 aromatic rings. The van der Waals surface area contributed by atoms with Gasteiger partial charge >= 0.3 is 0 Å². The number of hydrogen-bond donors (Lipinski definition) is 0. The van der Waals surface area contributed by atoms with Crippen molar-refractivity contribution in [3.8, 4) is 11.5 Å². The quantitative estimate of drug-likeness (QED) is 0.762. The summed E-state index contributed by atoms with van der Waals surface area (Å²) < 4.78 is 16.7. The lowest BCUT2D eigenvalue weighted by Crippen LogP contribution is -2.14. The molecule has 0 radical (unpaired) electrons. The third kappa shape index (κ3) is 3.54. The minimum Gasteiger partial charge on any atom is -0.485 e. The largest absolute Gasteiger partial charge is 0.485 e. The fourth-order valence-electron chi connectivity index (χ4n) is 2.80. The number of Topliss-reactive ketones (excluding diaryl/α,β-unsaturated/α-hetero) is 1. The minimum absolute atomic E-state index is 0.131. The molecule has 4 heteroatoms. The summed E-state index contributed by atoms with van der Waals surface area (Å²) in [6, 6.07) is 13.6. The summed E-state index contributed by atoms with van der Waals surface area (Å²) in [4.78, 5) is 12.1. The van der Waals surface area contributed by atoms with E-state index in [0.29, 0.717) is 24.5 Å². The second kappa shape index (κ2) is 7.29. The molecule has 1 aliphatic rings. The number of carbonyl (C=O) groups excluding carboxylic acids is 1. The summed E-state index contributed by atoms with van der Waals surface area (Å²) in [5.74, 6) is 1.45. The second-order valence-electron chi connectivity index (χ2n) is 5.52. The molecule has 0 unspecified atom stereocenters. The Balaban J connectivity index is 1.87. The summed E-state index contributed by atoms with van der Waals surface area (Å²) in [6.07, 6.45) is 2.26. The van der Waals surface area contributed by atoms with E-state index in [4.69, 9.17) is 14.2 Å². The van der Waals surface area contributed by atoms with Crippen LogP contribution in [-0.4, -0.2) is 19.7 Å². The maximum atomic E-state index is 12.1. The first-order valence-corrected chi connectivity index (χ1v) is 7.77. The number of hydrogen-bond acceptors (Lipinski definition) is 4. The third-order valence-electron chi connectivity index (χ3n) is 3.91. The average Bonchev–Trinajstić information content (AvgIpc) is 2.59. The van der Waals surface area contributed by atoms with Gasteiger partial charge in [0, 0.05) is 24.7 Å². The molecule has 0 heterocycles. The summed E-state index contributed by atoms with van der Waals surface area (Å²) in [5.41, 5.74) is 2.76. The maximum Gasteiger partial charge on any atom is 0.188 e. The first-order valence-electron chi connectivity index (χ1n) is 7.77. The van der Waals surface area contributed by atoms with E-state index in [-0.39, 0.29) is 12.6 Å². The normalized spacial score (nSPS) is 13.5. The van der Waals surface area contributed by atoms with Gasteiger partial charge < -0.3 is 14.2 Å². The highest BCUT2D eigenvalue weighted by Crippen LogP contribution is 2.38. The van der Waals surface area contributed by atoms with Crippen molar-refractivity contribution in [2.45, 2.75) is 25.9 Å². The van der Waals surface area contributed by atoms with Crippen LogP contribution in [0, 0.1) is 0 Å². The standard InChI is InChI=1S/C19H20O4/c1-21-13-23-19-16-8-5-9-17(20)15(16)10-11-18(19)22-12-14-6-3-2-4-7-14/h2-4,6-7,10-11H,5,8-9,12-13H2,1H3. The fourth-order valence-corrected chi connectivity index (χ4v) is 2.80. The number of carbonyl (C=O) groups is 1. The van der Waals surface area contributed by atoms with Gasteiger partial charge in [-0.1, -0.05) is 30.3 Å². The van der Waals surface area contributed by atoms with Gasteiger partial charge in [0.25, 0.3) is 0 Å². The van der Waals surface area contributed by atoms with Gasteiger partial charge in [-0.2, -0.15) is 0 Å². The fraction of sp³-hybridized carbons (Fsp3) is 0.316. The molecule has 1 aliphatic carbocycles. The van der Waals surface area contributed by atoms with E-state index in [2.05, 4.69) is 0 Å². The Hall–Kier alpha value is -2.33. The topological polar surface area (TPSA) is 44.8 Å². The van der Waals surface area contributed by atoms with Gasteiger partial charge in [-0.25, -0.2) is 0 Å². The molecule has 0 spiro atoms. The molecule has 0 saturated heterocycles. The summed E-state index contributed by atoms with van der Waals surface area (Å²) in [6.45, 7) is 0.587. The van der Waals surface area contributed by atoms with E-state index in [1.165, 1.54) is 0 Å². The molecule has 0 N–H and O–H groups in total. The van der Waals surface area contributed by atoms with Gasteiger partial charge in [0.2, 0.25) is 0 Å². The van der Waals surface area contributed by atoms with E-state index < -0.39 is 0 Å². The highest BCUT2D eigenvalue weighted by molar-refractivity contribution is 5.99. The van der Waals surface area contributed by atoms with Crippen molar-refractivity contribution in [2.75, 3.05) is 13.9 Å². The van der Waals surface area contributed by atoms with Crippen LogP contribution in [0.5, 0.6) is 11.5 Å². The van der Waals surface area contributed by atoms with Crippen LogP contribution in [0.3, 0.4) is 0 Å². The zero-order chi connectivity index (χ0) is 16.1. The zero-order valence-electron chi connectivity index (χ0n) is 13.2. The van der Waals surface area contributed by atoms with Crippen LogP contribution in [0.2, 0.25) is 0 Å². The van der Waals surface area contributed by atoms with Crippen LogP contribution in [0.25, 0.3) is 0 Å². The van der Waals surface area contributed by atoms with Crippen molar-refractivity contribution in [3.63, 3.8) is 0 Å². The van der Waals surface area contributed by atoms with Gasteiger partial charge in [0.05, 0.1) is 0 Å². The highest BCUT2D eigenvalue weighted by Gasteiger charge is 2.23. The van der Waals surface area contributed by atoms with Crippen LogP contribution in [-0.2, 0) is 17.8 Å². The van der Waals surface area contributed by atoms with Crippen LogP contribution >= 0.6 is 0 Å². The minimum atomic E-state index is 0.131. The molecule has 0 atom stereocenters. The van der Waals surface area contributed by atoms with Gasteiger partial charge in [-0.15, -0.1) is 0 Å². The molecule has 3 rings (SSSR count). The lowest BCUT2D eigenvalue weighted by Gasteiger charge is -2.21. The smallest absolute Gasteiger partial charge is 0.188 e. The molecule has 0 aromatic heterocycles. The molecule has 0 saturated carbocycles. The van der Waals surface area contributed by atoms with Crippen molar-refractivity contribution in [2.24, 2.45) is 0 Å². The molecule has 0 aliphatic heterocycles. The van der Waals surface area contributed by atoms with Crippen LogP contribution in [0.15, 0.2) is 42.5 Å². The summed E-state index contributed by atoms with van der Waals surface area (Å²) in [5, 5.41) is 0. The van der Waals surface area contributed by atoms with Gasteiger partial charge in [-0.05, 0) is 30.5 Å². The maximum absolute atomic E-state index is 12.1. The highest BCUT2D eigenvalue weighted by atomic mass is 16.7. The van der Waals surface area contributed by atoms with Crippen LogP contribution in [0.1, 0.15) is 34.3 Å². The third-order valence-corrected chi connectivity index (χ3v) is 3.91. The summed E-state index contributed by atoms with van der Waals surface area (Å²) in [7, 11) is 1.57. The molecule has 0 amide bonds. The Bertz CT molecular complexity index is 679. The van der Waals surface area contributed by atoms with E-state index in [0.717, 1.165) is 29.5 Å². The number of fused-ring (bicyclic) bond motifs is 1. The van der Waals surface area contributed by atoms with Gasteiger partial charge in [0.15, 0.2) is 24.1 Å². The van der Waals surface area contributed by atoms with Gasteiger partial charge in [-0.3, -0.25) is 4.79 Å². The Morgan fingerprint density at radius 3 is 2.61 bits per heavy atom. The van der Waals surface area contributed by atoms with Crippen molar-refractivity contribution in [3.05, 3.63) is 59.2 Å². The Labute approximate surface area is 136 Å². The first-order chi connectivity index (χ1) is 11.3. The lowest BCUT2D eigenvalue weighted by molar-refractivity contribution is 0.0474. The number of methoxy groups -OCH3 is 1. The monoisotopic (exact) mass is 312 g/mol. The van der Waals surface area contributed by atoms with E-state index in [1.54, 1.807) is 7.11 Å². The molecule has 2 aromatic carbocycles. The van der Waals surface area contributed by atoms with Crippen molar-refractivity contribution >= 4 is 5.78 Å². The Morgan fingerprint density at radius 2 is 1.83 bits per heavy atom. The SMILES string of the molecule is COCOc1c(OCc2ccccc2)ccc2c1CCCC2=O. The lowest BCUT2D eigenvalue weighted by atomic mass is 9.89. The number of ketones is 1. The van der Waals surface area contributed by atoms with Crippen molar-refractivity contribution < 1.29 is 19.0 Å². The number of rotatable bonds is 6. The number of benzene rings is 2. The van der Waals surface area contributed by atoms with Crippen molar-refractivity contribution in [1.29, 1.82) is 0 Å². The van der Waals surface area contributed by atoms with E-state index >= 15 is 0 Å².